The van der Waals surface area contributed by atoms with Crippen molar-refractivity contribution in [1.82, 2.24) is 14.7 Å². The van der Waals surface area contributed by atoms with Gasteiger partial charge in [0.05, 0.1) is 6.54 Å². The lowest BCUT2D eigenvalue weighted by Crippen LogP contribution is -2.31. The van der Waals surface area contributed by atoms with Gasteiger partial charge >= 0.3 is 0 Å². The van der Waals surface area contributed by atoms with Crippen LogP contribution in [0.3, 0.4) is 0 Å². The topological polar surface area (TPSA) is 47.4 Å². The number of hydrogen-bond acceptors (Lipinski definition) is 3. The van der Waals surface area contributed by atoms with E-state index in [-0.39, 0.29) is 12.0 Å². The van der Waals surface area contributed by atoms with E-state index in [1.165, 1.54) is 0 Å². The van der Waals surface area contributed by atoms with Gasteiger partial charge in [0.1, 0.15) is 17.5 Å². The molecule has 0 spiro atoms. The summed E-state index contributed by atoms with van der Waals surface area (Å²) in [5.74, 6) is 0.841. The Kier molecular flexibility index (Phi) is 3.90. The predicted molar refractivity (Wildman–Crippen MR) is 79.3 cm³/mol. The second kappa shape index (κ2) is 5.99. The number of hydrogen-bond donors (Lipinski definition) is 0. The first kappa shape index (κ1) is 13.7. The molecule has 0 saturated carbocycles. The van der Waals surface area contributed by atoms with Crippen LogP contribution in [0, 0.1) is 0 Å². The molecule has 1 aromatic heterocycles. The molecular formula is C16H19N3O2. The summed E-state index contributed by atoms with van der Waals surface area (Å²) in [6.07, 6.45) is 2.75. The summed E-state index contributed by atoms with van der Waals surface area (Å²) in [5.41, 5.74) is 0.511. The highest BCUT2D eigenvalue weighted by Gasteiger charge is 2.29. The van der Waals surface area contributed by atoms with Gasteiger partial charge in [0, 0.05) is 25.7 Å². The number of rotatable bonds is 4. The van der Waals surface area contributed by atoms with E-state index in [9.17, 15) is 4.79 Å². The van der Waals surface area contributed by atoms with Gasteiger partial charge in [-0.3, -0.25) is 9.48 Å². The third kappa shape index (κ3) is 3.07. The molecule has 21 heavy (non-hydrogen) atoms. The molecular weight excluding hydrogens is 266 g/mol. The summed E-state index contributed by atoms with van der Waals surface area (Å²) in [5, 5.41) is 4.27. The minimum Gasteiger partial charge on any atom is -0.489 e. The summed E-state index contributed by atoms with van der Waals surface area (Å²) < 4.78 is 7.66. The molecule has 2 heterocycles. The third-order valence-electron chi connectivity index (χ3n) is 3.66. The number of para-hydroxylation sites is 1. The largest absolute Gasteiger partial charge is 0.489 e. The fourth-order valence-electron chi connectivity index (χ4n) is 2.51. The van der Waals surface area contributed by atoms with Gasteiger partial charge in [0.15, 0.2) is 0 Å². The smallest absolute Gasteiger partial charge is 0.274 e. The fraction of sp³-hybridized carbons (Fsp3) is 0.375. The van der Waals surface area contributed by atoms with Crippen molar-refractivity contribution in [2.24, 2.45) is 0 Å². The zero-order chi connectivity index (χ0) is 14.7. The van der Waals surface area contributed by atoms with E-state index in [1.807, 2.05) is 48.4 Å². The van der Waals surface area contributed by atoms with Crippen LogP contribution < -0.4 is 4.74 Å². The highest BCUT2D eigenvalue weighted by molar-refractivity contribution is 5.92. The minimum atomic E-state index is -0.0126. The summed E-state index contributed by atoms with van der Waals surface area (Å²) in [6.45, 7) is 4.11. The quantitative estimate of drug-likeness (QED) is 0.865. The lowest BCUT2D eigenvalue weighted by Gasteiger charge is -2.16. The number of benzene rings is 1. The second-order valence-electron chi connectivity index (χ2n) is 5.15. The van der Waals surface area contributed by atoms with E-state index in [0.29, 0.717) is 12.2 Å². The molecule has 0 bridgehead atoms. The first-order valence-corrected chi connectivity index (χ1v) is 7.30. The van der Waals surface area contributed by atoms with Crippen LogP contribution in [-0.2, 0) is 6.54 Å². The zero-order valence-electron chi connectivity index (χ0n) is 12.1. The average Bonchev–Trinajstić information content (AvgIpc) is 3.16. The first-order valence-electron chi connectivity index (χ1n) is 7.30. The molecule has 0 aliphatic carbocycles. The maximum Gasteiger partial charge on any atom is 0.274 e. The monoisotopic (exact) mass is 285 g/mol. The summed E-state index contributed by atoms with van der Waals surface area (Å²) in [7, 11) is 0. The lowest BCUT2D eigenvalue weighted by molar-refractivity contribution is 0.0765. The molecule has 5 nitrogen and oxygen atoms in total. The molecule has 1 amide bonds. The van der Waals surface area contributed by atoms with Crippen LogP contribution in [0.2, 0.25) is 0 Å². The van der Waals surface area contributed by atoms with Crippen molar-refractivity contribution in [3.8, 4) is 5.75 Å². The number of amides is 1. The second-order valence-corrected chi connectivity index (χ2v) is 5.15. The van der Waals surface area contributed by atoms with E-state index in [4.69, 9.17) is 4.74 Å². The van der Waals surface area contributed by atoms with E-state index in [2.05, 4.69) is 5.10 Å². The summed E-state index contributed by atoms with van der Waals surface area (Å²) in [6, 6.07) is 11.5. The van der Waals surface area contributed by atoms with Crippen molar-refractivity contribution in [2.75, 3.05) is 13.1 Å². The number of likely N-dealkylation sites (tertiary alicyclic amines) is 1. The van der Waals surface area contributed by atoms with Crippen LogP contribution in [0.5, 0.6) is 5.75 Å². The molecule has 110 valence electrons. The van der Waals surface area contributed by atoms with Crippen molar-refractivity contribution in [3.05, 3.63) is 48.3 Å². The molecule has 0 radical (unpaired) electrons. The third-order valence-corrected chi connectivity index (χ3v) is 3.66. The van der Waals surface area contributed by atoms with Gasteiger partial charge in [-0.15, -0.1) is 0 Å². The maximum atomic E-state index is 12.4. The number of nitrogens with zero attached hydrogens (tertiary/aromatic N) is 3. The molecule has 1 atom stereocenters. The number of carbonyl (C=O) groups excluding carboxylic acids is 1. The number of carbonyl (C=O) groups is 1. The SMILES string of the molecule is CCn1ccc(C(=O)N2CCC(Oc3ccccc3)C2)n1. The van der Waals surface area contributed by atoms with Crippen LogP contribution in [0.4, 0.5) is 0 Å². The van der Waals surface area contributed by atoms with Gasteiger partial charge in [-0.25, -0.2) is 0 Å². The van der Waals surface area contributed by atoms with Crippen molar-refractivity contribution < 1.29 is 9.53 Å². The van der Waals surface area contributed by atoms with Gasteiger partial charge in [0.25, 0.3) is 5.91 Å². The van der Waals surface area contributed by atoms with Gasteiger partial charge in [-0.1, -0.05) is 18.2 Å². The molecule has 3 rings (SSSR count). The van der Waals surface area contributed by atoms with Gasteiger partial charge < -0.3 is 9.64 Å². The van der Waals surface area contributed by atoms with Gasteiger partial charge in [0.2, 0.25) is 0 Å². The standard InChI is InChI=1S/C16H19N3O2/c1-2-19-11-9-15(17-19)16(20)18-10-8-14(12-18)21-13-6-4-3-5-7-13/h3-7,9,11,14H,2,8,10,12H2,1H3. The van der Waals surface area contributed by atoms with E-state index in [1.54, 1.807) is 10.7 Å². The van der Waals surface area contributed by atoms with Crippen molar-refractivity contribution >= 4 is 5.91 Å². The Labute approximate surface area is 124 Å². The van der Waals surface area contributed by atoms with Crippen molar-refractivity contribution in [3.63, 3.8) is 0 Å². The van der Waals surface area contributed by atoms with Crippen molar-refractivity contribution in [1.29, 1.82) is 0 Å². The minimum absolute atomic E-state index is 0.0126. The zero-order valence-corrected chi connectivity index (χ0v) is 12.1. The van der Waals surface area contributed by atoms with Crippen molar-refractivity contribution in [2.45, 2.75) is 26.0 Å². The fourth-order valence-corrected chi connectivity index (χ4v) is 2.51. The Morgan fingerprint density at radius 1 is 1.33 bits per heavy atom. The molecule has 1 fully saturated rings. The molecule has 2 aromatic rings. The van der Waals surface area contributed by atoms with Gasteiger partial charge in [-0.2, -0.15) is 5.10 Å². The predicted octanol–water partition coefficient (Wildman–Crippen LogP) is 2.20. The first-order chi connectivity index (χ1) is 10.3. The summed E-state index contributed by atoms with van der Waals surface area (Å²) >= 11 is 0. The van der Waals surface area contributed by atoms with E-state index < -0.39 is 0 Å². The molecule has 1 aliphatic rings. The highest BCUT2D eigenvalue weighted by atomic mass is 16.5. The molecule has 0 N–H and O–H groups in total. The highest BCUT2D eigenvalue weighted by Crippen LogP contribution is 2.19. The van der Waals surface area contributed by atoms with Crippen LogP contribution in [0.25, 0.3) is 0 Å². The average molecular weight is 285 g/mol. The number of aryl methyl sites for hydroxylation is 1. The Hall–Kier alpha value is -2.30. The van der Waals surface area contributed by atoms with Crippen LogP contribution in [-0.4, -0.2) is 39.8 Å². The van der Waals surface area contributed by atoms with E-state index >= 15 is 0 Å². The van der Waals surface area contributed by atoms with Crippen LogP contribution in [0.1, 0.15) is 23.8 Å². The Morgan fingerprint density at radius 2 is 2.14 bits per heavy atom. The Morgan fingerprint density at radius 3 is 2.86 bits per heavy atom. The van der Waals surface area contributed by atoms with Crippen LogP contribution in [0.15, 0.2) is 42.6 Å². The number of aromatic nitrogens is 2. The van der Waals surface area contributed by atoms with E-state index in [0.717, 1.165) is 25.3 Å². The molecule has 1 aromatic carbocycles. The molecule has 1 aliphatic heterocycles. The molecule has 1 unspecified atom stereocenters. The molecule has 1 saturated heterocycles. The molecule has 5 heteroatoms. The lowest BCUT2D eigenvalue weighted by atomic mass is 10.3. The summed E-state index contributed by atoms with van der Waals surface area (Å²) in [4.78, 5) is 14.2. The Balaban J connectivity index is 1.60. The van der Waals surface area contributed by atoms with Crippen LogP contribution >= 0.6 is 0 Å². The van der Waals surface area contributed by atoms with Gasteiger partial charge in [-0.05, 0) is 25.1 Å². The number of ether oxygens (including phenoxy) is 1. The maximum absolute atomic E-state index is 12.4. The normalized spacial score (nSPS) is 18.0. The Bertz CT molecular complexity index is 609.